The SMILES string of the molecule is Cn1nc(-c2ccco2)cc1-c1ccc(C(=O)Nc2ccccc2Cl)s1. The van der Waals surface area contributed by atoms with Gasteiger partial charge in [-0.15, -0.1) is 11.3 Å². The molecule has 0 spiro atoms. The fraction of sp³-hybridized carbons (Fsp3) is 0.0526. The zero-order valence-corrected chi connectivity index (χ0v) is 15.3. The van der Waals surface area contributed by atoms with Gasteiger partial charge in [-0.05, 0) is 42.5 Å². The molecule has 26 heavy (non-hydrogen) atoms. The summed E-state index contributed by atoms with van der Waals surface area (Å²) in [6, 6.07) is 16.5. The van der Waals surface area contributed by atoms with Crippen molar-refractivity contribution in [1.82, 2.24) is 9.78 Å². The molecule has 0 aliphatic carbocycles. The van der Waals surface area contributed by atoms with Crippen molar-refractivity contribution < 1.29 is 9.21 Å². The molecule has 3 heterocycles. The Morgan fingerprint density at radius 3 is 2.81 bits per heavy atom. The predicted molar refractivity (Wildman–Crippen MR) is 104 cm³/mol. The highest BCUT2D eigenvalue weighted by molar-refractivity contribution is 7.17. The Balaban J connectivity index is 1.58. The second-order valence-electron chi connectivity index (χ2n) is 5.61. The smallest absolute Gasteiger partial charge is 0.265 e. The summed E-state index contributed by atoms with van der Waals surface area (Å²) in [6.07, 6.45) is 1.62. The maximum absolute atomic E-state index is 12.5. The van der Waals surface area contributed by atoms with E-state index in [0.717, 1.165) is 16.3 Å². The van der Waals surface area contributed by atoms with E-state index < -0.39 is 0 Å². The molecule has 0 saturated carbocycles. The van der Waals surface area contributed by atoms with E-state index in [1.54, 1.807) is 29.1 Å². The van der Waals surface area contributed by atoms with Crippen LogP contribution in [0.25, 0.3) is 22.0 Å². The molecule has 0 unspecified atom stereocenters. The number of rotatable bonds is 4. The largest absolute Gasteiger partial charge is 0.463 e. The van der Waals surface area contributed by atoms with Crippen LogP contribution in [-0.4, -0.2) is 15.7 Å². The first kappa shape index (κ1) is 16.6. The number of furan rings is 1. The number of nitrogens with one attached hydrogen (secondary N) is 1. The molecule has 0 atom stereocenters. The van der Waals surface area contributed by atoms with E-state index in [1.807, 2.05) is 43.4 Å². The first-order chi connectivity index (χ1) is 12.6. The fourth-order valence-electron chi connectivity index (χ4n) is 2.59. The molecule has 7 heteroatoms. The van der Waals surface area contributed by atoms with Gasteiger partial charge in [-0.3, -0.25) is 9.48 Å². The van der Waals surface area contributed by atoms with Gasteiger partial charge in [-0.25, -0.2) is 0 Å². The maximum Gasteiger partial charge on any atom is 0.265 e. The molecule has 0 aliphatic rings. The van der Waals surface area contributed by atoms with E-state index in [1.165, 1.54) is 11.3 Å². The Bertz CT molecular complexity index is 1070. The van der Waals surface area contributed by atoms with Crippen molar-refractivity contribution in [3.8, 4) is 22.0 Å². The molecule has 4 rings (SSSR count). The minimum absolute atomic E-state index is 0.192. The standard InChI is InChI=1S/C19H14ClN3O2S/c1-23-15(11-14(22-23)16-7-4-10-25-16)17-8-9-18(26-17)19(24)21-13-6-3-2-5-12(13)20/h2-11H,1H3,(H,21,24). The number of para-hydroxylation sites is 1. The molecule has 0 fully saturated rings. The second kappa shape index (κ2) is 6.82. The number of anilines is 1. The van der Waals surface area contributed by atoms with Crippen LogP contribution in [0.15, 0.2) is 65.3 Å². The van der Waals surface area contributed by atoms with E-state index in [4.69, 9.17) is 16.0 Å². The summed E-state index contributed by atoms with van der Waals surface area (Å²) < 4.78 is 7.17. The van der Waals surface area contributed by atoms with Crippen LogP contribution in [0, 0.1) is 0 Å². The van der Waals surface area contributed by atoms with Crippen LogP contribution in [0.5, 0.6) is 0 Å². The highest BCUT2D eigenvalue weighted by Crippen LogP contribution is 2.32. The van der Waals surface area contributed by atoms with Gasteiger partial charge in [0.15, 0.2) is 5.76 Å². The van der Waals surface area contributed by atoms with Crippen LogP contribution < -0.4 is 5.32 Å². The van der Waals surface area contributed by atoms with Gasteiger partial charge in [0.25, 0.3) is 5.91 Å². The van der Waals surface area contributed by atoms with Crippen LogP contribution in [-0.2, 0) is 7.05 Å². The normalized spacial score (nSPS) is 10.8. The molecule has 0 bridgehead atoms. The van der Waals surface area contributed by atoms with Gasteiger partial charge in [0.05, 0.1) is 32.4 Å². The van der Waals surface area contributed by atoms with E-state index in [9.17, 15) is 4.79 Å². The van der Waals surface area contributed by atoms with E-state index >= 15 is 0 Å². The first-order valence-electron chi connectivity index (χ1n) is 7.86. The van der Waals surface area contributed by atoms with Crippen molar-refractivity contribution in [2.75, 3.05) is 5.32 Å². The molecule has 3 aromatic heterocycles. The Morgan fingerprint density at radius 2 is 2.04 bits per heavy atom. The van der Waals surface area contributed by atoms with Crippen molar-refractivity contribution in [3.05, 3.63) is 70.8 Å². The maximum atomic E-state index is 12.5. The van der Waals surface area contributed by atoms with E-state index in [2.05, 4.69) is 10.4 Å². The topological polar surface area (TPSA) is 60.1 Å². The third kappa shape index (κ3) is 3.16. The zero-order chi connectivity index (χ0) is 18.1. The molecule has 5 nitrogen and oxygen atoms in total. The summed E-state index contributed by atoms with van der Waals surface area (Å²) >= 11 is 7.49. The summed E-state index contributed by atoms with van der Waals surface area (Å²) in [4.78, 5) is 14.0. The summed E-state index contributed by atoms with van der Waals surface area (Å²) in [7, 11) is 1.87. The van der Waals surface area contributed by atoms with Crippen LogP contribution in [0.2, 0.25) is 5.02 Å². The molecule has 130 valence electrons. The molecule has 1 N–H and O–H groups in total. The number of aryl methyl sites for hydroxylation is 1. The molecule has 0 saturated heterocycles. The molecule has 1 aromatic carbocycles. The van der Waals surface area contributed by atoms with Gasteiger partial charge >= 0.3 is 0 Å². The average Bonchev–Trinajstić information content (AvgIpc) is 3.36. The number of halogens is 1. The van der Waals surface area contributed by atoms with E-state index in [0.29, 0.717) is 21.3 Å². The number of carbonyl (C=O) groups is 1. The average molecular weight is 384 g/mol. The quantitative estimate of drug-likeness (QED) is 0.519. The lowest BCUT2D eigenvalue weighted by molar-refractivity contribution is 0.103. The minimum atomic E-state index is -0.192. The Morgan fingerprint density at radius 1 is 1.19 bits per heavy atom. The Labute approximate surface area is 158 Å². The number of hydrogen-bond acceptors (Lipinski definition) is 4. The van der Waals surface area contributed by atoms with Crippen molar-refractivity contribution in [2.45, 2.75) is 0 Å². The third-order valence-electron chi connectivity index (χ3n) is 3.86. The summed E-state index contributed by atoms with van der Waals surface area (Å²) in [6.45, 7) is 0. The summed E-state index contributed by atoms with van der Waals surface area (Å²) in [5, 5.41) is 7.82. The van der Waals surface area contributed by atoms with Gasteiger partial charge in [0.1, 0.15) is 5.69 Å². The van der Waals surface area contributed by atoms with Gasteiger partial charge in [0.2, 0.25) is 0 Å². The Hall–Kier alpha value is -2.83. The predicted octanol–water partition coefficient (Wildman–Crippen LogP) is 5.31. The van der Waals surface area contributed by atoms with Crippen molar-refractivity contribution in [3.63, 3.8) is 0 Å². The Kier molecular flexibility index (Phi) is 4.36. The molecule has 0 aliphatic heterocycles. The lowest BCUT2D eigenvalue weighted by Crippen LogP contribution is -2.10. The minimum Gasteiger partial charge on any atom is -0.463 e. The van der Waals surface area contributed by atoms with Gasteiger partial charge in [0, 0.05) is 7.05 Å². The van der Waals surface area contributed by atoms with Crippen LogP contribution in [0.1, 0.15) is 9.67 Å². The third-order valence-corrected chi connectivity index (χ3v) is 5.29. The van der Waals surface area contributed by atoms with Crippen molar-refractivity contribution >= 4 is 34.5 Å². The number of thiophene rings is 1. The zero-order valence-electron chi connectivity index (χ0n) is 13.8. The number of benzene rings is 1. The number of carbonyl (C=O) groups excluding carboxylic acids is 1. The van der Waals surface area contributed by atoms with Crippen molar-refractivity contribution in [2.24, 2.45) is 7.05 Å². The number of hydrogen-bond donors (Lipinski definition) is 1. The first-order valence-corrected chi connectivity index (χ1v) is 9.05. The lowest BCUT2D eigenvalue weighted by Gasteiger charge is -2.05. The van der Waals surface area contributed by atoms with Crippen LogP contribution >= 0.6 is 22.9 Å². The van der Waals surface area contributed by atoms with Crippen LogP contribution in [0.4, 0.5) is 5.69 Å². The molecular weight excluding hydrogens is 370 g/mol. The molecule has 1 amide bonds. The summed E-state index contributed by atoms with van der Waals surface area (Å²) in [5.74, 6) is 0.517. The fourth-order valence-corrected chi connectivity index (χ4v) is 3.72. The molecular formula is C19H14ClN3O2S. The summed E-state index contributed by atoms with van der Waals surface area (Å²) in [5.41, 5.74) is 2.26. The highest BCUT2D eigenvalue weighted by Gasteiger charge is 2.16. The van der Waals surface area contributed by atoms with Gasteiger partial charge in [-0.1, -0.05) is 23.7 Å². The van der Waals surface area contributed by atoms with Crippen LogP contribution in [0.3, 0.4) is 0 Å². The number of nitrogens with zero attached hydrogens (tertiary/aromatic N) is 2. The molecule has 4 aromatic rings. The lowest BCUT2D eigenvalue weighted by atomic mass is 10.2. The monoisotopic (exact) mass is 383 g/mol. The van der Waals surface area contributed by atoms with Crippen molar-refractivity contribution in [1.29, 1.82) is 0 Å². The second-order valence-corrected chi connectivity index (χ2v) is 7.10. The van der Waals surface area contributed by atoms with Gasteiger partial charge in [-0.2, -0.15) is 5.10 Å². The molecule has 0 radical (unpaired) electrons. The highest BCUT2D eigenvalue weighted by atomic mass is 35.5. The number of aromatic nitrogens is 2. The van der Waals surface area contributed by atoms with Gasteiger partial charge < -0.3 is 9.73 Å². The van der Waals surface area contributed by atoms with E-state index in [-0.39, 0.29) is 5.91 Å². The number of amides is 1.